The molecule has 8 nitrogen and oxygen atoms in total. The molecule has 0 atom stereocenters. The average molecular weight is 344 g/mol. The summed E-state index contributed by atoms with van der Waals surface area (Å²) in [6, 6.07) is 11.8. The lowest BCUT2D eigenvalue weighted by molar-refractivity contribution is -0.123. The topological polar surface area (TPSA) is 114 Å². The van der Waals surface area contributed by atoms with E-state index in [0.29, 0.717) is 0 Å². The highest BCUT2D eigenvalue weighted by Gasteiger charge is 2.14. The van der Waals surface area contributed by atoms with Crippen LogP contribution in [0.1, 0.15) is 20.7 Å². The molecule has 130 valence electrons. The first-order chi connectivity index (χ1) is 12.0. The minimum atomic E-state index is -0.619. The highest BCUT2D eigenvalue weighted by Crippen LogP contribution is 2.18. The summed E-state index contributed by atoms with van der Waals surface area (Å²) in [5, 5.41) is 9.16. The van der Waals surface area contributed by atoms with Crippen LogP contribution in [0.2, 0.25) is 0 Å². The molecule has 0 radical (unpaired) electrons. The van der Waals surface area contributed by atoms with Gasteiger partial charge in [0.25, 0.3) is 11.8 Å². The fourth-order valence-electron chi connectivity index (χ4n) is 1.86. The van der Waals surface area contributed by atoms with E-state index in [0.717, 1.165) is 0 Å². The second kappa shape index (κ2) is 8.34. The molecule has 0 aromatic heterocycles. The van der Waals surface area contributed by atoms with Crippen molar-refractivity contribution in [1.29, 1.82) is 0 Å². The number of para-hydroxylation sites is 1. The van der Waals surface area contributed by atoms with Gasteiger partial charge in [-0.1, -0.05) is 12.1 Å². The summed E-state index contributed by atoms with van der Waals surface area (Å²) in [7, 11) is 1.24. The van der Waals surface area contributed by atoms with Gasteiger partial charge in [0.1, 0.15) is 17.1 Å². The van der Waals surface area contributed by atoms with Gasteiger partial charge in [0.15, 0.2) is 6.61 Å². The van der Waals surface area contributed by atoms with Crippen molar-refractivity contribution in [3.8, 4) is 11.5 Å². The van der Waals surface area contributed by atoms with Gasteiger partial charge in [-0.3, -0.25) is 20.4 Å². The van der Waals surface area contributed by atoms with E-state index in [4.69, 9.17) is 9.84 Å². The maximum atomic E-state index is 11.8. The fourth-order valence-corrected chi connectivity index (χ4v) is 1.86. The summed E-state index contributed by atoms with van der Waals surface area (Å²) in [4.78, 5) is 35.2. The van der Waals surface area contributed by atoms with E-state index < -0.39 is 24.4 Å². The molecule has 2 aromatic carbocycles. The molecule has 2 aromatic rings. The van der Waals surface area contributed by atoms with Gasteiger partial charge < -0.3 is 14.6 Å². The normalized spacial score (nSPS) is 9.80. The quantitative estimate of drug-likeness (QED) is 0.551. The van der Waals surface area contributed by atoms with Crippen LogP contribution in [-0.2, 0) is 9.53 Å². The molecule has 3 N–H and O–H groups in total. The number of ether oxygens (including phenoxy) is 2. The van der Waals surface area contributed by atoms with Crippen LogP contribution in [-0.4, -0.2) is 36.6 Å². The van der Waals surface area contributed by atoms with Crippen LogP contribution in [0.25, 0.3) is 0 Å². The number of amides is 2. The summed E-state index contributed by atoms with van der Waals surface area (Å²) >= 11 is 0. The number of benzene rings is 2. The van der Waals surface area contributed by atoms with Gasteiger partial charge in [-0.05, 0) is 36.4 Å². The predicted octanol–water partition coefficient (Wildman–Crippen LogP) is 1.02. The molecule has 2 amide bonds. The molecule has 0 aliphatic rings. The van der Waals surface area contributed by atoms with Gasteiger partial charge in [-0.2, -0.15) is 0 Å². The SMILES string of the molecule is COC(=O)c1ccccc1OCC(=O)NNC(=O)c1ccc(O)cc1. The van der Waals surface area contributed by atoms with E-state index in [1.54, 1.807) is 12.1 Å². The lowest BCUT2D eigenvalue weighted by Crippen LogP contribution is -2.43. The molecule has 0 aliphatic carbocycles. The molecule has 0 unspecified atom stereocenters. The van der Waals surface area contributed by atoms with Gasteiger partial charge in [0, 0.05) is 5.56 Å². The molecule has 0 saturated carbocycles. The molecule has 0 saturated heterocycles. The maximum absolute atomic E-state index is 11.8. The number of methoxy groups -OCH3 is 1. The van der Waals surface area contributed by atoms with Gasteiger partial charge >= 0.3 is 5.97 Å². The molecule has 2 rings (SSSR count). The van der Waals surface area contributed by atoms with Crippen molar-refractivity contribution < 1.29 is 29.0 Å². The Labute approximate surface area is 143 Å². The van der Waals surface area contributed by atoms with Crippen molar-refractivity contribution in [2.45, 2.75) is 0 Å². The van der Waals surface area contributed by atoms with Crippen molar-refractivity contribution in [1.82, 2.24) is 10.9 Å². The summed E-state index contributed by atoms with van der Waals surface area (Å²) in [5.74, 6) is -1.54. The minimum absolute atomic E-state index is 0.0262. The first-order valence-electron chi connectivity index (χ1n) is 7.19. The van der Waals surface area contributed by atoms with Gasteiger partial charge in [-0.25, -0.2) is 4.79 Å². The number of carbonyl (C=O) groups is 3. The molecule has 0 spiro atoms. The summed E-state index contributed by atoms with van der Waals surface area (Å²) in [6.45, 7) is -0.413. The highest BCUT2D eigenvalue weighted by atomic mass is 16.5. The number of carbonyl (C=O) groups excluding carboxylic acids is 3. The van der Waals surface area contributed by atoms with E-state index in [1.807, 2.05) is 0 Å². The smallest absolute Gasteiger partial charge is 0.341 e. The molecule has 0 fully saturated rings. The monoisotopic (exact) mass is 344 g/mol. The summed E-state index contributed by atoms with van der Waals surface area (Å²) in [6.07, 6.45) is 0. The van der Waals surface area contributed by atoms with Crippen LogP contribution in [0.5, 0.6) is 11.5 Å². The molecule has 0 bridgehead atoms. The standard InChI is InChI=1S/C17H16N2O6/c1-24-17(23)13-4-2-3-5-14(13)25-10-15(21)18-19-16(22)11-6-8-12(20)9-7-11/h2-9,20H,10H2,1H3,(H,18,21)(H,19,22). The third kappa shape index (κ3) is 4.96. The zero-order valence-corrected chi connectivity index (χ0v) is 13.3. The average Bonchev–Trinajstić information content (AvgIpc) is 2.64. The second-order valence-corrected chi connectivity index (χ2v) is 4.83. The third-order valence-corrected chi connectivity index (χ3v) is 3.10. The number of phenols is 1. The first-order valence-corrected chi connectivity index (χ1v) is 7.19. The van der Waals surface area contributed by atoms with Gasteiger partial charge in [0.2, 0.25) is 0 Å². The minimum Gasteiger partial charge on any atom is -0.508 e. The van der Waals surface area contributed by atoms with Crippen LogP contribution in [0.3, 0.4) is 0 Å². The summed E-state index contributed by atoms with van der Waals surface area (Å²) in [5.41, 5.74) is 4.84. The largest absolute Gasteiger partial charge is 0.508 e. The number of rotatable bonds is 5. The predicted molar refractivity (Wildman–Crippen MR) is 87.0 cm³/mol. The Balaban J connectivity index is 1.86. The zero-order chi connectivity index (χ0) is 18.2. The van der Waals surface area contributed by atoms with Crippen molar-refractivity contribution in [2.75, 3.05) is 13.7 Å². The van der Waals surface area contributed by atoms with Crippen LogP contribution < -0.4 is 15.6 Å². The molecular weight excluding hydrogens is 328 g/mol. The summed E-state index contributed by atoms with van der Waals surface area (Å²) < 4.78 is 9.90. The Hall–Kier alpha value is -3.55. The lowest BCUT2D eigenvalue weighted by atomic mass is 10.2. The van der Waals surface area contributed by atoms with E-state index in [9.17, 15) is 14.4 Å². The van der Waals surface area contributed by atoms with Crippen LogP contribution >= 0.6 is 0 Å². The Morgan fingerprint density at radius 2 is 1.68 bits per heavy atom. The first kappa shape index (κ1) is 17.8. The van der Waals surface area contributed by atoms with Crippen LogP contribution in [0.15, 0.2) is 48.5 Å². The molecule has 0 heterocycles. The van der Waals surface area contributed by atoms with E-state index >= 15 is 0 Å². The fraction of sp³-hybridized carbons (Fsp3) is 0.118. The Bertz CT molecular complexity index is 773. The van der Waals surface area contributed by atoms with E-state index in [2.05, 4.69) is 15.6 Å². The van der Waals surface area contributed by atoms with Gasteiger partial charge in [0.05, 0.1) is 7.11 Å². The molecule has 0 aliphatic heterocycles. The number of nitrogens with one attached hydrogen (secondary N) is 2. The second-order valence-electron chi connectivity index (χ2n) is 4.83. The van der Waals surface area contributed by atoms with Crippen molar-refractivity contribution in [3.05, 3.63) is 59.7 Å². The Kier molecular flexibility index (Phi) is 5.94. The number of phenolic OH excluding ortho intramolecular Hbond substituents is 1. The Morgan fingerprint density at radius 1 is 1.00 bits per heavy atom. The Morgan fingerprint density at radius 3 is 2.36 bits per heavy atom. The number of esters is 1. The number of hydrogen-bond acceptors (Lipinski definition) is 6. The third-order valence-electron chi connectivity index (χ3n) is 3.10. The molecule has 25 heavy (non-hydrogen) atoms. The van der Waals surface area contributed by atoms with Crippen molar-refractivity contribution in [2.24, 2.45) is 0 Å². The van der Waals surface area contributed by atoms with Crippen molar-refractivity contribution >= 4 is 17.8 Å². The molecular formula is C17H16N2O6. The zero-order valence-electron chi connectivity index (χ0n) is 13.3. The number of hydrazine groups is 1. The number of aromatic hydroxyl groups is 1. The van der Waals surface area contributed by atoms with Crippen LogP contribution in [0, 0.1) is 0 Å². The van der Waals surface area contributed by atoms with E-state index in [-0.39, 0.29) is 22.6 Å². The van der Waals surface area contributed by atoms with Crippen LogP contribution in [0.4, 0.5) is 0 Å². The maximum Gasteiger partial charge on any atom is 0.341 e. The molecule has 8 heteroatoms. The van der Waals surface area contributed by atoms with E-state index in [1.165, 1.54) is 43.5 Å². The highest BCUT2D eigenvalue weighted by molar-refractivity contribution is 5.95. The van der Waals surface area contributed by atoms with Gasteiger partial charge in [-0.15, -0.1) is 0 Å². The lowest BCUT2D eigenvalue weighted by Gasteiger charge is -2.11. The number of hydrogen-bond donors (Lipinski definition) is 3. The van der Waals surface area contributed by atoms with Crippen molar-refractivity contribution in [3.63, 3.8) is 0 Å².